The van der Waals surface area contributed by atoms with E-state index in [4.69, 9.17) is 9.16 Å². The van der Waals surface area contributed by atoms with Gasteiger partial charge in [0.15, 0.2) is 8.32 Å². The van der Waals surface area contributed by atoms with Crippen LogP contribution in [0.2, 0.25) is 18.1 Å². The predicted octanol–water partition coefficient (Wildman–Crippen LogP) is 4.87. The Morgan fingerprint density at radius 3 is 2.18 bits per heavy atom. The van der Waals surface area contributed by atoms with Crippen molar-refractivity contribution in [1.29, 1.82) is 0 Å². The Bertz CT molecular complexity index is 768. The maximum Gasteiger partial charge on any atom is 0.408 e. The number of rotatable bonds is 10. The SMILES string of the molecule is C=CCC[C@H]1[C@H](O[Si](C)(C)C(C)(C)C)C[C@@H](C(=O)O)N1C(=O)C(CC=C)NC(=O)OC(C)(C)C. The van der Waals surface area contributed by atoms with Crippen molar-refractivity contribution in [3.8, 4) is 0 Å². The standard InChI is InChI=1S/C25H44N2O6Si/c1-11-13-15-18-20(33-34(9,10)25(6,7)8)16-19(22(29)30)27(18)21(28)17(14-12-2)26-23(31)32-24(3,4)5/h11-12,17-20H,1-2,13-16H2,3-10H3,(H,26,31)(H,29,30)/t17?,18-,19-,20+/m0/s1. The number of allylic oxidation sites excluding steroid dienone is 1. The van der Waals surface area contributed by atoms with Crippen LogP contribution in [-0.4, -0.2) is 66.1 Å². The number of carbonyl (C=O) groups excluding carboxylic acids is 2. The van der Waals surface area contributed by atoms with Gasteiger partial charge in [0.05, 0.1) is 12.1 Å². The molecule has 0 radical (unpaired) electrons. The molecule has 1 unspecified atom stereocenters. The zero-order chi connectivity index (χ0) is 26.5. The Morgan fingerprint density at radius 1 is 1.15 bits per heavy atom. The highest BCUT2D eigenvalue weighted by atomic mass is 28.4. The molecular formula is C25H44N2O6Si. The monoisotopic (exact) mass is 496 g/mol. The zero-order valence-corrected chi connectivity index (χ0v) is 23.1. The van der Waals surface area contributed by atoms with Crippen molar-refractivity contribution < 1.29 is 28.7 Å². The van der Waals surface area contributed by atoms with Gasteiger partial charge in [0, 0.05) is 6.42 Å². The Balaban J connectivity index is 3.34. The van der Waals surface area contributed by atoms with E-state index in [1.54, 1.807) is 26.8 Å². The molecule has 9 heteroatoms. The first-order valence-corrected chi connectivity index (χ1v) is 14.8. The summed E-state index contributed by atoms with van der Waals surface area (Å²) >= 11 is 0. The second kappa shape index (κ2) is 11.5. The molecule has 194 valence electrons. The quantitative estimate of drug-likeness (QED) is 0.330. The van der Waals surface area contributed by atoms with Crippen molar-refractivity contribution in [2.75, 3.05) is 0 Å². The number of ether oxygens (including phenoxy) is 1. The lowest BCUT2D eigenvalue weighted by atomic mass is 10.1. The molecule has 1 heterocycles. The number of aliphatic carboxylic acids is 1. The van der Waals surface area contributed by atoms with E-state index in [0.717, 1.165) is 0 Å². The Morgan fingerprint density at radius 2 is 1.74 bits per heavy atom. The fourth-order valence-corrected chi connectivity index (χ4v) is 5.11. The summed E-state index contributed by atoms with van der Waals surface area (Å²) in [7, 11) is -2.24. The van der Waals surface area contributed by atoms with E-state index in [9.17, 15) is 19.5 Å². The molecule has 2 amide bonds. The molecule has 4 atom stereocenters. The van der Waals surface area contributed by atoms with Gasteiger partial charge in [-0.3, -0.25) is 4.79 Å². The molecule has 0 aliphatic carbocycles. The molecule has 0 bridgehead atoms. The van der Waals surface area contributed by atoms with Gasteiger partial charge in [-0.15, -0.1) is 13.2 Å². The van der Waals surface area contributed by atoms with Crippen LogP contribution in [0.25, 0.3) is 0 Å². The van der Waals surface area contributed by atoms with Crippen LogP contribution in [-0.2, 0) is 18.8 Å². The van der Waals surface area contributed by atoms with Crippen molar-refractivity contribution in [3.05, 3.63) is 25.3 Å². The van der Waals surface area contributed by atoms with Gasteiger partial charge in [0.25, 0.3) is 0 Å². The van der Waals surface area contributed by atoms with E-state index in [1.165, 1.54) is 11.0 Å². The summed E-state index contributed by atoms with van der Waals surface area (Å²) in [4.78, 5) is 39.8. The molecule has 1 aliphatic rings. The van der Waals surface area contributed by atoms with Crippen LogP contribution in [0.15, 0.2) is 25.3 Å². The molecule has 0 aromatic carbocycles. The number of carboxylic acid groups (broad SMARTS) is 1. The number of hydrogen-bond donors (Lipinski definition) is 2. The lowest BCUT2D eigenvalue weighted by Gasteiger charge is -2.40. The fourth-order valence-electron chi connectivity index (χ4n) is 3.75. The molecule has 8 nitrogen and oxygen atoms in total. The third-order valence-corrected chi connectivity index (χ3v) is 10.9. The molecule has 1 aliphatic heterocycles. The summed E-state index contributed by atoms with van der Waals surface area (Å²) in [6, 6.07) is -2.50. The number of amides is 2. The second-order valence-corrected chi connectivity index (χ2v) is 16.2. The molecule has 1 saturated heterocycles. The topological polar surface area (TPSA) is 105 Å². The molecular weight excluding hydrogens is 452 g/mol. The van der Waals surface area contributed by atoms with E-state index < -0.39 is 56.1 Å². The summed E-state index contributed by atoms with van der Waals surface area (Å²) in [5.74, 6) is -1.57. The maximum absolute atomic E-state index is 13.7. The number of carbonyl (C=O) groups is 3. The number of nitrogens with zero attached hydrogens (tertiary/aromatic N) is 1. The lowest BCUT2D eigenvalue weighted by Crippen LogP contribution is -2.56. The Kier molecular flexibility index (Phi) is 10.1. The average Bonchev–Trinajstić information content (AvgIpc) is 3.00. The van der Waals surface area contributed by atoms with Gasteiger partial charge in [-0.25, -0.2) is 9.59 Å². The van der Waals surface area contributed by atoms with Gasteiger partial charge in [-0.05, 0) is 58.2 Å². The number of nitrogens with one attached hydrogen (secondary N) is 1. The second-order valence-electron chi connectivity index (χ2n) is 11.4. The van der Waals surface area contributed by atoms with Gasteiger partial charge >= 0.3 is 12.1 Å². The van der Waals surface area contributed by atoms with Crippen LogP contribution in [0.4, 0.5) is 4.79 Å². The third kappa shape index (κ3) is 7.97. The predicted molar refractivity (Wildman–Crippen MR) is 136 cm³/mol. The molecule has 0 saturated carbocycles. The van der Waals surface area contributed by atoms with Crippen LogP contribution < -0.4 is 5.32 Å². The van der Waals surface area contributed by atoms with Crippen molar-refractivity contribution >= 4 is 26.3 Å². The van der Waals surface area contributed by atoms with Crippen molar-refractivity contribution in [2.24, 2.45) is 0 Å². The minimum Gasteiger partial charge on any atom is -0.480 e. The maximum atomic E-state index is 13.7. The third-order valence-electron chi connectivity index (χ3n) is 6.43. The highest BCUT2D eigenvalue weighted by Crippen LogP contribution is 2.41. The van der Waals surface area contributed by atoms with Crippen LogP contribution in [0.1, 0.15) is 67.2 Å². The van der Waals surface area contributed by atoms with E-state index in [0.29, 0.717) is 12.8 Å². The highest BCUT2D eigenvalue weighted by molar-refractivity contribution is 6.74. The molecule has 0 spiro atoms. The minimum absolute atomic E-state index is 0.0736. The van der Waals surface area contributed by atoms with E-state index in [1.807, 2.05) is 0 Å². The van der Waals surface area contributed by atoms with E-state index in [2.05, 4.69) is 52.3 Å². The van der Waals surface area contributed by atoms with E-state index in [-0.39, 0.29) is 17.9 Å². The normalized spacial score (nSPS) is 22.1. The number of carboxylic acids is 1. The molecule has 2 N–H and O–H groups in total. The first-order valence-electron chi connectivity index (χ1n) is 11.9. The largest absolute Gasteiger partial charge is 0.480 e. The summed E-state index contributed by atoms with van der Waals surface area (Å²) in [5, 5.41) is 12.5. The fraction of sp³-hybridized carbons (Fsp3) is 0.720. The van der Waals surface area contributed by atoms with Gasteiger partial charge in [-0.1, -0.05) is 32.9 Å². The summed E-state index contributed by atoms with van der Waals surface area (Å²) in [5.41, 5.74) is -0.738. The van der Waals surface area contributed by atoms with Crippen LogP contribution in [0, 0.1) is 0 Å². The number of likely N-dealkylation sites (tertiary alicyclic amines) is 1. The van der Waals surface area contributed by atoms with Gasteiger partial charge < -0.3 is 24.5 Å². The molecule has 34 heavy (non-hydrogen) atoms. The van der Waals surface area contributed by atoms with Crippen molar-refractivity contribution in [1.82, 2.24) is 10.2 Å². The summed E-state index contributed by atoms with van der Waals surface area (Å²) in [6.45, 7) is 23.2. The summed E-state index contributed by atoms with van der Waals surface area (Å²) in [6.07, 6.45) is 3.57. The Hall–Kier alpha value is -2.13. The molecule has 0 aromatic rings. The van der Waals surface area contributed by atoms with Crippen LogP contribution in [0.5, 0.6) is 0 Å². The molecule has 0 aromatic heterocycles. The summed E-state index contributed by atoms with van der Waals surface area (Å²) < 4.78 is 11.9. The lowest BCUT2D eigenvalue weighted by molar-refractivity contribution is -0.150. The van der Waals surface area contributed by atoms with Gasteiger partial charge in [0.2, 0.25) is 5.91 Å². The minimum atomic E-state index is -2.24. The molecule has 1 rings (SSSR count). The number of hydrogen-bond acceptors (Lipinski definition) is 5. The highest BCUT2D eigenvalue weighted by Gasteiger charge is 2.51. The smallest absolute Gasteiger partial charge is 0.408 e. The van der Waals surface area contributed by atoms with Gasteiger partial charge in [-0.2, -0.15) is 0 Å². The molecule has 1 fully saturated rings. The average molecular weight is 497 g/mol. The first-order chi connectivity index (χ1) is 15.4. The van der Waals surface area contributed by atoms with Gasteiger partial charge in [0.1, 0.15) is 17.7 Å². The van der Waals surface area contributed by atoms with E-state index >= 15 is 0 Å². The zero-order valence-electron chi connectivity index (χ0n) is 22.1. The first kappa shape index (κ1) is 29.9. The van der Waals surface area contributed by atoms with Crippen LogP contribution in [0.3, 0.4) is 0 Å². The van der Waals surface area contributed by atoms with Crippen LogP contribution >= 0.6 is 0 Å². The van der Waals surface area contributed by atoms with Crippen molar-refractivity contribution in [2.45, 2.75) is 115 Å². The Labute approximate surface area is 205 Å². The number of alkyl carbamates (subject to hydrolysis) is 1. The van der Waals surface area contributed by atoms with Crippen molar-refractivity contribution in [3.63, 3.8) is 0 Å².